The van der Waals surface area contributed by atoms with E-state index in [4.69, 9.17) is 9.47 Å². The molecule has 0 aromatic heterocycles. The van der Waals surface area contributed by atoms with E-state index in [1.165, 1.54) is 31.4 Å². The molecule has 0 spiro atoms. The highest BCUT2D eigenvalue weighted by molar-refractivity contribution is 6.10. The average molecular weight is 1120 g/mol. The minimum atomic E-state index is -0.644. The summed E-state index contributed by atoms with van der Waals surface area (Å²) < 4.78 is 12.0. The lowest BCUT2D eigenvalue weighted by molar-refractivity contribution is -0.154. The van der Waals surface area contributed by atoms with E-state index in [1.807, 2.05) is 95.2 Å². The first kappa shape index (κ1) is 61.0. The summed E-state index contributed by atoms with van der Waals surface area (Å²) in [4.78, 5) is 108. The minimum Gasteiger partial charge on any atom is -0.365 e. The Kier molecular flexibility index (Phi) is 14.1. The molecule has 0 aromatic rings. The Hall–Kier alpha value is -4.56. The maximum absolute atomic E-state index is 12.9. The number of likely N-dealkylation sites (tertiary alicyclic amines) is 4. The molecule has 16 unspecified atom stereocenters. The maximum atomic E-state index is 12.9. The molecule has 13 aliphatic rings. The molecule has 0 N–H and O–H groups in total. The molecule has 14 heteroatoms. The summed E-state index contributed by atoms with van der Waals surface area (Å²) in [5.74, 6) is -0.628. The number of allylic oxidation sites excluding steroid dienone is 4. The summed E-state index contributed by atoms with van der Waals surface area (Å²) in [6.07, 6.45) is 13.1. The summed E-state index contributed by atoms with van der Waals surface area (Å²) in [7, 11) is 0. The lowest BCUT2D eigenvalue weighted by Gasteiger charge is -2.46. The highest BCUT2D eigenvalue weighted by Crippen LogP contribution is 2.62. The molecule has 8 aliphatic heterocycles. The van der Waals surface area contributed by atoms with Gasteiger partial charge in [-0.05, 0) is 153 Å². The van der Waals surface area contributed by atoms with Crippen LogP contribution in [0, 0.1) is 92.7 Å². The Morgan fingerprint density at radius 2 is 0.778 bits per heavy atom. The van der Waals surface area contributed by atoms with Gasteiger partial charge in [0.1, 0.15) is 5.60 Å². The van der Waals surface area contributed by atoms with Crippen molar-refractivity contribution in [2.24, 2.45) is 92.7 Å². The first-order chi connectivity index (χ1) is 36.6. The third-order valence-electron chi connectivity index (χ3n) is 20.0. The number of amides is 8. The van der Waals surface area contributed by atoms with Crippen molar-refractivity contribution in [3.8, 4) is 0 Å². The fourth-order valence-corrected chi connectivity index (χ4v) is 16.8. The van der Waals surface area contributed by atoms with Gasteiger partial charge in [0.2, 0.25) is 47.3 Å². The van der Waals surface area contributed by atoms with Crippen LogP contribution >= 0.6 is 0 Å². The van der Waals surface area contributed by atoms with Crippen LogP contribution in [0.15, 0.2) is 47.1 Å². The van der Waals surface area contributed by atoms with E-state index in [0.29, 0.717) is 0 Å². The monoisotopic (exact) mass is 1120 g/mol. The van der Waals surface area contributed by atoms with Crippen molar-refractivity contribution in [1.82, 2.24) is 19.6 Å². The highest BCUT2D eigenvalue weighted by Gasteiger charge is 2.72. The van der Waals surface area contributed by atoms with Gasteiger partial charge < -0.3 is 9.47 Å². The normalized spacial score (nSPS) is 37.3. The number of carbonyl (C=O) groups excluding carboxylic acids is 8. The van der Waals surface area contributed by atoms with E-state index in [-0.39, 0.29) is 158 Å². The van der Waals surface area contributed by atoms with Gasteiger partial charge >= 0.3 is 0 Å². The second-order valence-electron chi connectivity index (χ2n) is 33.9. The standard InChI is InChI=1S/C18H27NO2.C17H25NO2.2C16H23NO3/c1-17(2,3)12-9-10-7-8-11(12)14-13(10)15(20)19(16(14)21)18(4,5)6;1-16(2,3)11-8-9-7-10(11)13-12(9)14(19)18(15(13)20)17(4,5)6;1-14(2,3)16-8-7-9(20-16)10-11(16)13(19)17(12(10)18)15(4,5)6;1-15(2,3)8-7-9-10-11(12(8)20-9)14(19)17(13(10)18)16(4,5)6/h9-11,13-14H,7-8H2,1-6H3;8-10,12-13H,7H2,1-6H3;7-11H,1-6H3;7,9-12H,1-6H3. The van der Waals surface area contributed by atoms with E-state index >= 15 is 0 Å². The highest BCUT2D eigenvalue weighted by atomic mass is 16.5. The van der Waals surface area contributed by atoms with Gasteiger partial charge in [0.15, 0.2) is 0 Å². The summed E-state index contributed by atoms with van der Waals surface area (Å²) in [5, 5.41) is 0. The topological polar surface area (TPSA) is 168 Å². The summed E-state index contributed by atoms with van der Waals surface area (Å²) in [6.45, 7) is 49.0. The Labute approximate surface area is 484 Å². The van der Waals surface area contributed by atoms with Gasteiger partial charge in [-0.3, -0.25) is 58.0 Å². The smallest absolute Gasteiger partial charge is 0.236 e. The number of fused-ring (bicyclic) bond motifs is 16. The Balaban J connectivity index is 0.000000130. The SMILES string of the molecule is CC(C)(C)C1=CC2CC1C1C(=O)N(C(C)(C)C)C(=O)C21.CC(C)(C)C1=CC2CCC1C1C(=O)N(C(C)(C)C)C(=O)C21.CC(C)(C)C1=CC2OC1C1C(=O)N(C(C)(C)C)C(=O)C21.CC(C)(C)N1C(=O)C2C3C=CC(C(C)(C)C)(O3)C2C1=O. The maximum Gasteiger partial charge on any atom is 0.236 e. The molecule has 8 bridgehead atoms. The molecule has 446 valence electrons. The lowest BCUT2D eigenvalue weighted by Crippen LogP contribution is -2.52. The minimum absolute atomic E-state index is 0.0249. The van der Waals surface area contributed by atoms with E-state index in [2.05, 4.69) is 101 Å². The molecule has 5 aliphatic carbocycles. The molecule has 13 rings (SSSR count). The Morgan fingerprint density at radius 1 is 0.395 bits per heavy atom. The number of imide groups is 4. The van der Waals surface area contributed by atoms with Crippen molar-refractivity contribution >= 4 is 47.3 Å². The van der Waals surface area contributed by atoms with E-state index in [1.54, 1.807) is 4.90 Å². The van der Waals surface area contributed by atoms with Gasteiger partial charge in [0.05, 0.1) is 65.7 Å². The number of hydrogen-bond acceptors (Lipinski definition) is 10. The molecule has 81 heavy (non-hydrogen) atoms. The molecule has 0 radical (unpaired) electrons. The molecule has 14 nitrogen and oxygen atoms in total. The van der Waals surface area contributed by atoms with E-state index in [0.717, 1.165) is 19.3 Å². The fourth-order valence-electron chi connectivity index (χ4n) is 16.8. The van der Waals surface area contributed by atoms with Gasteiger partial charge in [-0.25, -0.2) is 0 Å². The molecule has 8 amide bonds. The zero-order chi connectivity index (χ0) is 60.9. The van der Waals surface area contributed by atoms with Gasteiger partial charge in [0.25, 0.3) is 0 Å². The number of ether oxygens (including phenoxy) is 2. The van der Waals surface area contributed by atoms with Crippen LogP contribution in [-0.4, -0.2) is 113 Å². The molecular formula is C67H98N4O10. The zero-order valence-corrected chi connectivity index (χ0v) is 53.5. The summed E-state index contributed by atoms with van der Waals surface area (Å²) in [5.41, 5.74) is 1.51. The molecule has 0 aromatic carbocycles. The van der Waals surface area contributed by atoms with Crippen LogP contribution in [0.2, 0.25) is 0 Å². The second-order valence-corrected chi connectivity index (χ2v) is 33.9. The van der Waals surface area contributed by atoms with E-state index in [9.17, 15) is 38.4 Å². The molecule has 6 saturated heterocycles. The van der Waals surface area contributed by atoms with Gasteiger partial charge in [-0.15, -0.1) is 0 Å². The number of hydrogen-bond donors (Lipinski definition) is 0. The van der Waals surface area contributed by atoms with Gasteiger partial charge in [-0.2, -0.15) is 0 Å². The van der Waals surface area contributed by atoms with Crippen LogP contribution in [0.25, 0.3) is 0 Å². The van der Waals surface area contributed by atoms with Crippen LogP contribution < -0.4 is 0 Å². The predicted molar refractivity (Wildman–Crippen MR) is 310 cm³/mol. The second kappa shape index (κ2) is 18.7. The number of nitrogens with zero attached hydrogens (tertiary/aromatic N) is 4. The molecule has 8 fully saturated rings. The van der Waals surface area contributed by atoms with Crippen LogP contribution in [0.4, 0.5) is 0 Å². The fraction of sp³-hybridized carbons (Fsp3) is 0.761. The number of carbonyl (C=O) groups is 8. The first-order valence-electron chi connectivity index (χ1n) is 30.3. The molecule has 2 saturated carbocycles. The van der Waals surface area contributed by atoms with Crippen molar-refractivity contribution in [3.05, 3.63) is 47.1 Å². The first-order valence-corrected chi connectivity index (χ1v) is 30.3. The van der Waals surface area contributed by atoms with Crippen molar-refractivity contribution in [2.75, 3.05) is 0 Å². The Bertz CT molecular complexity index is 2760. The molecule has 8 heterocycles. The average Bonchev–Trinajstić information content (AvgIpc) is 4.38. The van der Waals surface area contributed by atoms with Gasteiger partial charge in [-0.1, -0.05) is 125 Å². The van der Waals surface area contributed by atoms with Crippen LogP contribution in [-0.2, 0) is 47.8 Å². The summed E-state index contributed by atoms with van der Waals surface area (Å²) in [6, 6.07) is 0. The van der Waals surface area contributed by atoms with Crippen molar-refractivity contribution in [2.45, 2.75) is 232 Å². The van der Waals surface area contributed by atoms with Crippen LogP contribution in [0.5, 0.6) is 0 Å². The van der Waals surface area contributed by atoms with Crippen LogP contribution in [0.3, 0.4) is 0 Å². The van der Waals surface area contributed by atoms with Crippen molar-refractivity contribution < 1.29 is 47.8 Å². The third-order valence-corrected chi connectivity index (χ3v) is 20.0. The number of rotatable bonds is 0. The Morgan fingerprint density at radius 3 is 1.23 bits per heavy atom. The molecular weight excluding hydrogens is 1020 g/mol. The quantitative estimate of drug-likeness (QED) is 0.168. The zero-order valence-electron chi connectivity index (χ0n) is 53.5. The predicted octanol–water partition coefficient (Wildman–Crippen LogP) is 10.7. The third kappa shape index (κ3) is 9.36. The van der Waals surface area contributed by atoms with Crippen molar-refractivity contribution in [1.29, 1.82) is 0 Å². The van der Waals surface area contributed by atoms with Crippen molar-refractivity contribution in [3.63, 3.8) is 0 Å². The van der Waals surface area contributed by atoms with Gasteiger partial charge in [0, 0.05) is 22.2 Å². The van der Waals surface area contributed by atoms with E-state index < -0.39 is 27.8 Å². The van der Waals surface area contributed by atoms with Crippen LogP contribution in [0.1, 0.15) is 185 Å². The lowest BCUT2D eigenvalue weighted by atomic mass is 9.56. The molecule has 16 atom stereocenters. The summed E-state index contributed by atoms with van der Waals surface area (Å²) >= 11 is 0. The largest absolute Gasteiger partial charge is 0.365 e.